The Kier molecular flexibility index (Phi) is 4.92. The van der Waals surface area contributed by atoms with E-state index in [9.17, 15) is 0 Å². The molecule has 2 nitrogen and oxygen atoms in total. The number of imidazole rings is 1. The molecule has 0 aliphatic carbocycles. The van der Waals surface area contributed by atoms with Crippen LogP contribution in [0.25, 0.3) is 11.0 Å². The maximum atomic E-state index is 5.44. The number of benzene rings is 1. The maximum absolute atomic E-state index is 5.44. The predicted octanol–water partition coefficient (Wildman–Crippen LogP) is 5.17. The van der Waals surface area contributed by atoms with Crippen molar-refractivity contribution in [1.29, 1.82) is 0 Å². The molecule has 0 radical (unpaired) electrons. The summed E-state index contributed by atoms with van der Waals surface area (Å²) in [7, 11) is 0. The van der Waals surface area contributed by atoms with Gasteiger partial charge in [0, 0.05) is 10.5 Å². The van der Waals surface area contributed by atoms with Crippen molar-refractivity contribution < 1.29 is 0 Å². The van der Waals surface area contributed by atoms with Crippen LogP contribution in [0.4, 0.5) is 0 Å². The summed E-state index contributed by atoms with van der Waals surface area (Å²) in [5.41, 5.74) is 2.29. The molecule has 2 rings (SSSR count). The van der Waals surface area contributed by atoms with Crippen LogP contribution in [0.2, 0.25) is 0 Å². The van der Waals surface area contributed by atoms with Crippen LogP contribution in [0.1, 0.15) is 26.3 Å². The van der Waals surface area contributed by atoms with Crippen molar-refractivity contribution in [2.45, 2.75) is 26.3 Å². The molecule has 1 heterocycles. The van der Waals surface area contributed by atoms with E-state index in [0.29, 0.717) is 6.04 Å². The van der Waals surface area contributed by atoms with E-state index >= 15 is 0 Å². The smallest absolute Gasteiger partial charge is 0.178 e. The van der Waals surface area contributed by atoms with Gasteiger partial charge in [0.2, 0.25) is 0 Å². The number of thioether (sulfide) groups is 1. The van der Waals surface area contributed by atoms with Gasteiger partial charge in [0.25, 0.3) is 0 Å². The molecule has 2 aromatic rings. The van der Waals surface area contributed by atoms with E-state index in [1.807, 2.05) is 17.8 Å². The summed E-state index contributed by atoms with van der Waals surface area (Å²) in [4.78, 5) is 3.28. The van der Waals surface area contributed by atoms with Crippen LogP contribution in [0.15, 0.2) is 22.7 Å². The molecule has 18 heavy (non-hydrogen) atoms. The van der Waals surface area contributed by atoms with Gasteiger partial charge in [0.05, 0.1) is 11.0 Å². The van der Waals surface area contributed by atoms with E-state index < -0.39 is 0 Å². The zero-order chi connectivity index (χ0) is 13.1. The monoisotopic (exact) mass is 344 g/mol. The summed E-state index contributed by atoms with van der Waals surface area (Å²) >= 11 is 10.9. The zero-order valence-electron chi connectivity index (χ0n) is 10.6. The average Bonchev–Trinajstić information content (AvgIpc) is 2.64. The number of halogens is 1. The van der Waals surface area contributed by atoms with Crippen molar-refractivity contribution in [3.63, 3.8) is 0 Å². The normalized spacial score (nSPS) is 13.1. The van der Waals surface area contributed by atoms with E-state index in [4.69, 9.17) is 12.2 Å². The number of aromatic amines is 1. The molecule has 1 unspecified atom stereocenters. The van der Waals surface area contributed by atoms with Crippen LogP contribution in [-0.4, -0.2) is 21.1 Å². The zero-order valence-corrected chi connectivity index (χ0v) is 13.8. The van der Waals surface area contributed by atoms with E-state index in [1.54, 1.807) is 0 Å². The first-order valence-corrected chi connectivity index (χ1v) is 8.46. The summed E-state index contributed by atoms with van der Waals surface area (Å²) in [5, 5.41) is 0. The number of rotatable bonds is 5. The molecule has 5 heteroatoms. The minimum Gasteiger partial charge on any atom is -0.331 e. The molecule has 98 valence electrons. The van der Waals surface area contributed by atoms with Gasteiger partial charge in [-0.1, -0.05) is 22.9 Å². The summed E-state index contributed by atoms with van der Waals surface area (Å²) in [5.74, 6) is 2.36. The van der Waals surface area contributed by atoms with Gasteiger partial charge in [-0.05, 0) is 55.3 Å². The largest absolute Gasteiger partial charge is 0.331 e. The first-order valence-electron chi connectivity index (χ1n) is 6.11. The second-order valence-electron chi connectivity index (χ2n) is 4.30. The molecular weight excluding hydrogens is 328 g/mol. The van der Waals surface area contributed by atoms with E-state index in [1.165, 1.54) is 17.0 Å². The Morgan fingerprint density at radius 1 is 1.50 bits per heavy atom. The van der Waals surface area contributed by atoms with Crippen molar-refractivity contribution in [3.8, 4) is 0 Å². The SMILES string of the molecule is CCSCCC(C)n1c(=S)[nH]c2ccc(Br)cc21. The van der Waals surface area contributed by atoms with E-state index in [0.717, 1.165) is 21.2 Å². The topological polar surface area (TPSA) is 20.7 Å². The lowest BCUT2D eigenvalue weighted by Gasteiger charge is -2.14. The molecule has 0 fully saturated rings. The van der Waals surface area contributed by atoms with E-state index in [2.05, 4.69) is 51.5 Å². The number of nitrogens with one attached hydrogen (secondary N) is 1. The molecule has 1 aromatic heterocycles. The molecule has 1 N–H and O–H groups in total. The first-order chi connectivity index (χ1) is 8.63. The Labute approximate surface area is 125 Å². The number of hydrogen-bond donors (Lipinski definition) is 1. The Morgan fingerprint density at radius 3 is 3.00 bits per heavy atom. The molecule has 0 saturated heterocycles. The van der Waals surface area contributed by atoms with Crippen molar-refractivity contribution in [1.82, 2.24) is 9.55 Å². The van der Waals surface area contributed by atoms with Crippen molar-refractivity contribution in [2.75, 3.05) is 11.5 Å². The molecule has 0 aliphatic rings. The van der Waals surface area contributed by atoms with Crippen LogP contribution in [0.5, 0.6) is 0 Å². The van der Waals surface area contributed by atoms with Gasteiger partial charge in [-0.3, -0.25) is 0 Å². The van der Waals surface area contributed by atoms with Gasteiger partial charge in [-0.25, -0.2) is 0 Å². The second-order valence-corrected chi connectivity index (χ2v) is 6.99. The van der Waals surface area contributed by atoms with E-state index in [-0.39, 0.29) is 0 Å². The molecule has 0 spiro atoms. The molecule has 0 amide bonds. The molecule has 0 saturated carbocycles. The van der Waals surface area contributed by atoms with Crippen LogP contribution in [0.3, 0.4) is 0 Å². The number of nitrogens with zero attached hydrogens (tertiary/aromatic N) is 1. The Bertz CT molecular complexity index is 588. The lowest BCUT2D eigenvalue weighted by Crippen LogP contribution is -2.06. The van der Waals surface area contributed by atoms with Gasteiger partial charge in [0.15, 0.2) is 4.77 Å². The average molecular weight is 345 g/mol. The standard InChI is InChI=1S/C13H17BrN2S2/c1-3-18-7-6-9(2)16-12-8-10(14)4-5-11(12)15-13(16)17/h4-5,8-9H,3,6-7H2,1-2H3,(H,15,17). The summed E-state index contributed by atoms with van der Waals surface area (Å²) in [6.45, 7) is 4.43. The Balaban J connectivity index is 2.34. The number of hydrogen-bond acceptors (Lipinski definition) is 2. The third kappa shape index (κ3) is 3.00. The van der Waals surface area contributed by atoms with Crippen molar-refractivity contribution in [3.05, 3.63) is 27.4 Å². The fourth-order valence-corrected chi connectivity index (χ4v) is 3.59. The van der Waals surface area contributed by atoms with Crippen LogP contribution >= 0.6 is 39.9 Å². The highest BCUT2D eigenvalue weighted by Crippen LogP contribution is 2.25. The molecule has 0 aliphatic heterocycles. The van der Waals surface area contributed by atoms with Crippen molar-refractivity contribution >= 4 is 50.9 Å². The van der Waals surface area contributed by atoms with Gasteiger partial charge in [0.1, 0.15) is 0 Å². The van der Waals surface area contributed by atoms with Gasteiger partial charge in [-0.2, -0.15) is 11.8 Å². The predicted molar refractivity (Wildman–Crippen MR) is 87.1 cm³/mol. The first kappa shape index (κ1) is 14.2. The lowest BCUT2D eigenvalue weighted by molar-refractivity contribution is 0.543. The third-order valence-corrected chi connectivity index (χ3v) is 4.73. The summed E-state index contributed by atoms with van der Waals surface area (Å²) < 4.78 is 4.14. The molecule has 1 atom stereocenters. The highest BCUT2D eigenvalue weighted by Gasteiger charge is 2.11. The fraction of sp³-hybridized carbons (Fsp3) is 0.462. The minimum absolute atomic E-state index is 0.430. The van der Waals surface area contributed by atoms with Crippen LogP contribution in [0, 0.1) is 4.77 Å². The summed E-state index contributed by atoms with van der Waals surface area (Å²) in [6, 6.07) is 6.67. The van der Waals surface area contributed by atoms with Crippen molar-refractivity contribution in [2.24, 2.45) is 0 Å². The van der Waals surface area contributed by atoms with Crippen LogP contribution < -0.4 is 0 Å². The highest BCUT2D eigenvalue weighted by molar-refractivity contribution is 9.10. The second kappa shape index (κ2) is 6.26. The Morgan fingerprint density at radius 2 is 2.28 bits per heavy atom. The highest BCUT2D eigenvalue weighted by atomic mass is 79.9. The number of H-pyrrole nitrogens is 1. The lowest BCUT2D eigenvalue weighted by atomic mass is 10.2. The number of fused-ring (bicyclic) bond motifs is 1. The summed E-state index contributed by atoms with van der Waals surface area (Å²) in [6.07, 6.45) is 1.15. The Hall–Kier alpha value is -0.260. The van der Waals surface area contributed by atoms with Gasteiger partial charge >= 0.3 is 0 Å². The molecular formula is C13H17BrN2S2. The maximum Gasteiger partial charge on any atom is 0.178 e. The molecule has 1 aromatic carbocycles. The quantitative estimate of drug-likeness (QED) is 0.596. The fourth-order valence-electron chi connectivity index (χ4n) is 2.06. The molecule has 0 bridgehead atoms. The van der Waals surface area contributed by atoms with Crippen LogP contribution in [-0.2, 0) is 0 Å². The van der Waals surface area contributed by atoms with Gasteiger partial charge in [-0.15, -0.1) is 0 Å². The van der Waals surface area contributed by atoms with Gasteiger partial charge < -0.3 is 9.55 Å². The number of aromatic nitrogens is 2. The minimum atomic E-state index is 0.430. The third-order valence-electron chi connectivity index (χ3n) is 3.00.